The highest BCUT2D eigenvalue weighted by molar-refractivity contribution is 7.92. The van der Waals surface area contributed by atoms with Gasteiger partial charge in [0.2, 0.25) is 15.9 Å². The first-order chi connectivity index (χ1) is 13.0. The minimum atomic E-state index is -3.62. The van der Waals surface area contributed by atoms with Crippen molar-refractivity contribution in [3.63, 3.8) is 0 Å². The van der Waals surface area contributed by atoms with E-state index in [2.05, 4.69) is 5.32 Å². The summed E-state index contributed by atoms with van der Waals surface area (Å²) in [6.45, 7) is 9.61. The summed E-state index contributed by atoms with van der Waals surface area (Å²) >= 11 is 0. The van der Waals surface area contributed by atoms with Crippen molar-refractivity contribution in [3.8, 4) is 0 Å². The minimum absolute atomic E-state index is 0.224. The van der Waals surface area contributed by atoms with Crippen LogP contribution in [-0.2, 0) is 21.2 Å². The molecule has 6 heteroatoms. The standard InChI is InChI=1S/C22H30N2O3S/c1-7-19-9-12-21(13-10-19)24(28(6,26)27)18(5)22(25)23-17(4)20-11-8-15(2)16(3)14-20/h8-14,17-18H,7H2,1-6H3,(H,23,25)/t17-,18-/m1/s1. The molecule has 0 radical (unpaired) electrons. The smallest absolute Gasteiger partial charge is 0.244 e. The van der Waals surface area contributed by atoms with Gasteiger partial charge in [-0.1, -0.05) is 37.3 Å². The number of hydrogen-bond acceptors (Lipinski definition) is 3. The first-order valence-corrected chi connectivity index (χ1v) is 11.3. The molecule has 0 aliphatic rings. The van der Waals surface area contributed by atoms with Gasteiger partial charge in [0, 0.05) is 0 Å². The second-order valence-electron chi connectivity index (χ2n) is 7.33. The van der Waals surface area contributed by atoms with Crippen molar-refractivity contribution in [3.05, 3.63) is 64.7 Å². The van der Waals surface area contributed by atoms with Crippen LogP contribution in [0.15, 0.2) is 42.5 Å². The zero-order chi connectivity index (χ0) is 21.1. The van der Waals surface area contributed by atoms with Crippen molar-refractivity contribution in [2.24, 2.45) is 0 Å². The van der Waals surface area contributed by atoms with Crippen molar-refractivity contribution in [1.82, 2.24) is 5.32 Å². The fourth-order valence-electron chi connectivity index (χ4n) is 3.14. The van der Waals surface area contributed by atoms with Gasteiger partial charge in [-0.3, -0.25) is 9.10 Å². The number of anilines is 1. The van der Waals surface area contributed by atoms with Gasteiger partial charge in [0.1, 0.15) is 6.04 Å². The van der Waals surface area contributed by atoms with Crippen LogP contribution in [0.1, 0.15) is 49.1 Å². The summed E-state index contributed by atoms with van der Waals surface area (Å²) in [5.74, 6) is -0.337. The summed E-state index contributed by atoms with van der Waals surface area (Å²) in [4.78, 5) is 12.8. The molecule has 0 heterocycles. The quantitative estimate of drug-likeness (QED) is 0.764. The molecule has 0 unspecified atom stereocenters. The van der Waals surface area contributed by atoms with E-state index >= 15 is 0 Å². The molecule has 2 aromatic carbocycles. The maximum absolute atomic E-state index is 12.8. The zero-order valence-corrected chi connectivity index (χ0v) is 18.3. The third-order valence-electron chi connectivity index (χ3n) is 5.08. The molecule has 0 saturated heterocycles. The van der Waals surface area contributed by atoms with Crippen LogP contribution in [-0.4, -0.2) is 26.6 Å². The largest absolute Gasteiger partial charge is 0.348 e. The second-order valence-corrected chi connectivity index (χ2v) is 9.19. The van der Waals surface area contributed by atoms with Crippen molar-refractivity contribution in [1.29, 1.82) is 0 Å². The molecule has 5 nitrogen and oxygen atoms in total. The Balaban J connectivity index is 2.24. The van der Waals surface area contributed by atoms with Gasteiger partial charge in [-0.05, 0) is 68.5 Å². The van der Waals surface area contributed by atoms with Crippen LogP contribution in [0.4, 0.5) is 5.69 Å². The van der Waals surface area contributed by atoms with Gasteiger partial charge in [-0.2, -0.15) is 0 Å². The Hall–Kier alpha value is -2.34. The van der Waals surface area contributed by atoms with Crippen LogP contribution in [0, 0.1) is 13.8 Å². The highest BCUT2D eigenvalue weighted by Gasteiger charge is 2.29. The normalized spacial score (nSPS) is 13.6. The van der Waals surface area contributed by atoms with E-state index in [9.17, 15) is 13.2 Å². The summed E-state index contributed by atoms with van der Waals surface area (Å²) < 4.78 is 26.0. The molecule has 2 atom stereocenters. The van der Waals surface area contributed by atoms with E-state index in [1.165, 1.54) is 9.87 Å². The summed E-state index contributed by atoms with van der Waals surface area (Å²) in [6.07, 6.45) is 1.99. The fourth-order valence-corrected chi connectivity index (χ4v) is 4.31. The number of nitrogens with one attached hydrogen (secondary N) is 1. The lowest BCUT2D eigenvalue weighted by Gasteiger charge is -2.29. The Morgan fingerprint density at radius 2 is 1.64 bits per heavy atom. The summed E-state index contributed by atoms with van der Waals surface area (Å²) in [6, 6.07) is 12.2. The summed E-state index contributed by atoms with van der Waals surface area (Å²) in [7, 11) is -3.62. The third kappa shape index (κ3) is 5.13. The van der Waals surface area contributed by atoms with E-state index in [0.29, 0.717) is 5.69 Å². The molecule has 0 aliphatic carbocycles. The van der Waals surface area contributed by atoms with Crippen LogP contribution in [0.25, 0.3) is 0 Å². The molecule has 0 aromatic heterocycles. The Labute approximate surface area is 168 Å². The molecule has 0 bridgehead atoms. The van der Waals surface area contributed by atoms with Gasteiger partial charge in [-0.25, -0.2) is 8.42 Å². The van der Waals surface area contributed by atoms with E-state index in [1.54, 1.807) is 19.1 Å². The van der Waals surface area contributed by atoms with Gasteiger partial charge in [0.15, 0.2) is 0 Å². The van der Waals surface area contributed by atoms with E-state index in [4.69, 9.17) is 0 Å². The third-order valence-corrected chi connectivity index (χ3v) is 6.32. The molecular formula is C22H30N2O3S. The van der Waals surface area contributed by atoms with Gasteiger partial charge in [0.25, 0.3) is 0 Å². The number of benzene rings is 2. The number of aryl methyl sites for hydroxylation is 3. The van der Waals surface area contributed by atoms with Crippen molar-refractivity contribution >= 4 is 21.6 Å². The van der Waals surface area contributed by atoms with E-state index < -0.39 is 16.1 Å². The molecule has 0 saturated carbocycles. The molecule has 2 rings (SSSR count). The number of rotatable bonds is 7. The maximum atomic E-state index is 12.8. The molecule has 0 spiro atoms. The van der Waals surface area contributed by atoms with Gasteiger partial charge in [-0.15, -0.1) is 0 Å². The van der Waals surface area contributed by atoms with Crippen molar-refractivity contribution in [2.45, 2.75) is 53.1 Å². The average molecular weight is 403 g/mol. The number of hydrogen-bond donors (Lipinski definition) is 1. The predicted molar refractivity (Wildman–Crippen MR) is 115 cm³/mol. The number of carbonyl (C=O) groups excluding carboxylic acids is 1. The lowest BCUT2D eigenvalue weighted by molar-refractivity contribution is -0.122. The predicted octanol–water partition coefficient (Wildman–Crippen LogP) is 3.90. The van der Waals surface area contributed by atoms with Crippen molar-refractivity contribution in [2.75, 3.05) is 10.6 Å². The Kier molecular flexibility index (Phi) is 6.88. The van der Waals surface area contributed by atoms with Crippen LogP contribution < -0.4 is 9.62 Å². The topological polar surface area (TPSA) is 66.5 Å². The van der Waals surface area contributed by atoms with Crippen LogP contribution in [0.5, 0.6) is 0 Å². The minimum Gasteiger partial charge on any atom is -0.348 e. The van der Waals surface area contributed by atoms with Gasteiger partial charge < -0.3 is 5.32 Å². The average Bonchev–Trinajstić information content (AvgIpc) is 2.63. The molecular weight excluding hydrogens is 372 g/mol. The first-order valence-electron chi connectivity index (χ1n) is 9.50. The first kappa shape index (κ1) is 22.0. The van der Waals surface area contributed by atoms with Crippen LogP contribution in [0.3, 0.4) is 0 Å². The lowest BCUT2D eigenvalue weighted by atomic mass is 10.0. The highest BCUT2D eigenvalue weighted by atomic mass is 32.2. The van der Waals surface area contributed by atoms with Crippen LogP contribution in [0.2, 0.25) is 0 Å². The van der Waals surface area contributed by atoms with Crippen molar-refractivity contribution < 1.29 is 13.2 Å². The van der Waals surface area contributed by atoms with E-state index in [1.807, 2.05) is 58.0 Å². The number of nitrogens with zero attached hydrogens (tertiary/aromatic N) is 1. The second kappa shape index (κ2) is 8.78. The highest BCUT2D eigenvalue weighted by Crippen LogP contribution is 2.23. The van der Waals surface area contributed by atoms with E-state index in [0.717, 1.165) is 29.4 Å². The number of sulfonamides is 1. The molecule has 1 N–H and O–H groups in total. The maximum Gasteiger partial charge on any atom is 0.244 e. The summed E-state index contributed by atoms with van der Waals surface area (Å²) in [5.41, 5.74) is 4.93. The Bertz CT molecular complexity index is 937. The fraction of sp³-hybridized carbons (Fsp3) is 0.409. The molecule has 0 fully saturated rings. The van der Waals surface area contributed by atoms with E-state index in [-0.39, 0.29) is 11.9 Å². The molecule has 2 aromatic rings. The molecule has 0 aliphatic heterocycles. The Morgan fingerprint density at radius 3 is 2.14 bits per heavy atom. The molecule has 28 heavy (non-hydrogen) atoms. The zero-order valence-electron chi connectivity index (χ0n) is 17.5. The molecule has 1 amide bonds. The monoisotopic (exact) mass is 402 g/mol. The summed E-state index contributed by atoms with van der Waals surface area (Å²) in [5, 5.41) is 2.94. The van der Waals surface area contributed by atoms with Crippen LogP contribution >= 0.6 is 0 Å². The molecule has 152 valence electrons. The van der Waals surface area contributed by atoms with Gasteiger partial charge in [0.05, 0.1) is 18.0 Å². The number of amides is 1. The lowest BCUT2D eigenvalue weighted by Crippen LogP contribution is -2.48. The SMILES string of the molecule is CCc1ccc(N([C@H](C)C(=O)N[C@H](C)c2ccc(C)c(C)c2)S(C)(=O)=O)cc1. The Morgan fingerprint density at radius 1 is 1.04 bits per heavy atom. The van der Waals surface area contributed by atoms with Gasteiger partial charge >= 0.3 is 0 Å². The number of carbonyl (C=O) groups is 1.